The van der Waals surface area contributed by atoms with Crippen LogP contribution in [0.4, 0.5) is 5.69 Å². The molecule has 1 heterocycles. The molecule has 8 nitrogen and oxygen atoms in total. The Morgan fingerprint density at radius 3 is 2.00 bits per heavy atom. The van der Waals surface area contributed by atoms with E-state index in [1.165, 1.54) is 33.5 Å². The van der Waals surface area contributed by atoms with Crippen molar-refractivity contribution in [3.8, 4) is 17.2 Å². The first-order valence-electron chi connectivity index (χ1n) is 9.78. The zero-order valence-corrected chi connectivity index (χ0v) is 18.5. The highest BCUT2D eigenvalue weighted by molar-refractivity contribution is 7.80. The Morgan fingerprint density at radius 1 is 0.903 bits per heavy atom. The molecule has 0 spiro atoms. The summed E-state index contributed by atoms with van der Waals surface area (Å²) in [6, 6.07) is 10.1. The standard InChI is InChI=1S/C22H25N3O5S/c1-28-17-12-15(13-18(29-2)19(17)30-3)20(26)24-22(31)23-16-8-6-14(7-9-16)21(27)25-10-4-5-11-25/h6-9,12-13H,4-5,10-11H2,1-3H3,(H2,23,24,26,31). The van der Waals surface area contributed by atoms with E-state index in [-0.39, 0.29) is 11.0 Å². The molecule has 0 radical (unpaired) electrons. The molecule has 9 heteroatoms. The SMILES string of the molecule is COc1cc(C(=O)NC(=S)Nc2ccc(C(=O)N3CCCC3)cc2)cc(OC)c1OC. The third kappa shape index (κ3) is 5.24. The van der Waals surface area contributed by atoms with Crippen molar-refractivity contribution in [1.29, 1.82) is 0 Å². The molecule has 1 saturated heterocycles. The molecular formula is C22H25N3O5S. The van der Waals surface area contributed by atoms with E-state index in [2.05, 4.69) is 10.6 Å². The average molecular weight is 444 g/mol. The predicted molar refractivity (Wildman–Crippen MR) is 121 cm³/mol. The molecule has 164 valence electrons. The minimum atomic E-state index is -0.433. The molecular weight excluding hydrogens is 418 g/mol. The number of hydrogen-bond acceptors (Lipinski definition) is 6. The van der Waals surface area contributed by atoms with Gasteiger partial charge in [0.05, 0.1) is 21.3 Å². The maximum Gasteiger partial charge on any atom is 0.257 e. The fraction of sp³-hybridized carbons (Fsp3) is 0.318. The molecule has 2 aromatic carbocycles. The third-order valence-corrected chi connectivity index (χ3v) is 5.14. The number of carbonyl (C=O) groups is 2. The summed E-state index contributed by atoms with van der Waals surface area (Å²) in [6.07, 6.45) is 2.09. The average Bonchev–Trinajstić information content (AvgIpc) is 3.32. The highest BCUT2D eigenvalue weighted by atomic mass is 32.1. The van der Waals surface area contributed by atoms with Crippen LogP contribution in [-0.2, 0) is 0 Å². The van der Waals surface area contributed by atoms with Gasteiger partial charge in [0, 0.05) is 29.9 Å². The van der Waals surface area contributed by atoms with Crippen LogP contribution < -0.4 is 24.8 Å². The number of benzene rings is 2. The maximum absolute atomic E-state index is 12.6. The van der Waals surface area contributed by atoms with Gasteiger partial charge in [-0.05, 0) is 61.5 Å². The molecule has 1 fully saturated rings. The van der Waals surface area contributed by atoms with E-state index in [0.717, 1.165) is 25.9 Å². The number of amides is 2. The largest absolute Gasteiger partial charge is 0.493 e. The van der Waals surface area contributed by atoms with Gasteiger partial charge in [-0.3, -0.25) is 14.9 Å². The lowest BCUT2D eigenvalue weighted by atomic mass is 10.1. The van der Waals surface area contributed by atoms with E-state index in [1.54, 1.807) is 24.3 Å². The van der Waals surface area contributed by atoms with Crippen molar-refractivity contribution in [2.24, 2.45) is 0 Å². The van der Waals surface area contributed by atoms with Crippen LogP contribution in [0, 0.1) is 0 Å². The number of methoxy groups -OCH3 is 3. The number of nitrogens with zero attached hydrogens (tertiary/aromatic N) is 1. The number of ether oxygens (including phenoxy) is 3. The van der Waals surface area contributed by atoms with Crippen LogP contribution in [0.2, 0.25) is 0 Å². The van der Waals surface area contributed by atoms with Crippen LogP contribution in [0.15, 0.2) is 36.4 Å². The first kappa shape index (κ1) is 22.4. The van der Waals surface area contributed by atoms with Gasteiger partial charge in [-0.15, -0.1) is 0 Å². The summed E-state index contributed by atoms with van der Waals surface area (Å²) < 4.78 is 15.8. The van der Waals surface area contributed by atoms with E-state index in [9.17, 15) is 9.59 Å². The smallest absolute Gasteiger partial charge is 0.257 e. The second-order valence-corrected chi connectivity index (χ2v) is 7.31. The summed E-state index contributed by atoms with van der Waals surface area (Å²) in [5.41, 5.74) is 1.58. The minimum Gasteiger partial charge on any atom is -0.493 e. The molecule has 2 aromatic rings. The van der Waals surface area contributed by atoms with E-state index in [1.807, 2.05) is 4.90 Å². The second-order valence-electron chi connectivity index (χ2n) is 6.90. The van der Waals surface area contributed by atoms with Crippen molar-refractivity contribution < 1.29 is 23.8 Å². The number of thiocarbonyl (C=S) groups is 1. The summed E-state index contributed by atoms with van der Waals surface area (Å²) in [6.45, 7) is 1.60. The summed E-state index contributed by atoms with van der Waals surface area (Å²) in [4.78, 5) is 26.9. The number of anilines is 1. The Hall–Kier alpha value is -3.33. The van der Waals surface area contributed by atoms with Crippen molar-refractivity contribution in [1.82, 2.24) is 10.2 Å². The van der Waals surface area contributed by atoms with Crippen LogP contribution in [0.3, 0.4) is 0 Å². The lowest BCUT2D eigenvalue weighted by molar-refractivity contribution is 0.0792. The summed E-state index contributed by atoms with van der Waals surface area (Å²) >= 11 is 5.25. The second kappa shape index (κ2) is 10.1. The molecule has 0 atom stereocenters. The van der Waals surface area contributed by atoms with Crippen LogP contribution in [0.25, 0.3) is 0 Å². The topological polar surface area (TPSA) is 89.1 Å². The van der Waals surface area contributed by atoms with Crippen LogP contribution in [-0.4, -0.2) is 56.2 Å². The molecule has 0 saturated carbocycles. The zero-order valence-electron chi connectivity index (χ0n) is 17.7. The molecule has 0 bridgehead atoms. The third-order valence-electron chi connectivity index (χ3n) is 4.94. The fourth-order valence-corrected chi connectivity index (χ4v) is 3.56. The predicted octanol–water partition coefficient (Wildman–Crippen LogP) is 3.08. The molecule has 2 N–H and O–H groups in total. The van der Waals surface area contributed by atoms with Crippen LogP contribution >= 0.6 is 12.2 Å². The molecule has 3 rings (SSSR count). The molecule has 0 aromatic heterocycles. The van der Waals surface area contributed by atoms with E-state index >= 15 is 0 Å². The Morgan fingerprint density at radius 2 is 1.48 bits per heavy atom. The van der Waals surface area contributed by atoms with E-state index in [0.29, 0.717) is 34.1 Å². The lowest BCUT2D eigenvalue weighted by Crippen LogP contribution is -2.34. The lowest BCUT2D eigenvalue weighted by Gasteiger charge is -2.16. The Balaban J connectivity index is 1.64. The van der Waals surface area contributed by atoms with Crippen molar-refractivity contribution in [2.45, 2.75) is 12.8 Å². The zero-order chi connectivity index (χ0) is 22.4. The molecule has 0 aliphatic carbocycles. The van der Waals surface area contributed by atoms with Crippen molar-refractivity contribution in [3.63, 3.8) is 0 Å². The van der Waals surface area contributed by atoms with E-state index < -0.39 is 5.91 Å². The quantitative estimate of drug-likeness (QED) is 0.663. The van der Waals surface area contributed by atoms with Gasteiger partial charge in [0.2, 0.25) is 5.75 Å². The summed E-state index contributed by atoms with van der Waals surface area (Å²) in [5, 5.41) is 5.69. The molecule has 1 aliphatic rings. The van der Waals surface area contributed by atoms with Gasteiger partial charge in [-0.25, -0.2) is 0 Å². The number of carbonyl (C=O) groups excluding carboxylic acids is 2. The normalized spacial score (nSPS) is 12.8. The van der Waals surface area contributed by atoms with E-state index in [4.69, 9.17) is 26.4 Å². The van der Waals surface area contributed by atoms with Gasteiger partial charge in [0.1, 0.15) is 0 Å². The van der Waals surface area contributed by atoms with Gasteiger partial charge in [-0.2, -0.15) is 0 Å². The number of hydrogen-bond donors (Lipinski definition) is 2. The molecule has 1 aliphatic heterocycles. The number of rotatable bonds is 6. The monoisotopic (exact) mass is 443 g/mol. The first-order chi connectivity index (χ1) is 15.0. The van der Waals surface area contributed by atoms with Gasteiger partial charge in [0.25, 0.3) is 11.8 Å². The van der Waals surface area contributed by atoms with Gasteiger partial charge in [-0.1, -0.05) is 0 Å². The minimum absolute atomic E-state index is 0.0299. The molecule has 31 heavy (non-hydrogen) atoms. The van der Waals surface area contributed by atoms with Crippen molar-refractivity contribution >= 4 is 34.8 Å². The van der Waals surface area contributed by atoms with Crippen LogP contribution in [0.5, 0.6) is 17.2 Å². The van der Waals surface area contributed by atoms with Crippen molar-refractivity contribution in [3.05, 3.63) is 47.5 Å². The van der Waals surface area contributed by atoms with Gasteiger partial charge < -0.3 is 24.4 Å². The Labute approximate surface area is 186 Å². The number of nitrogens with one attached hydrogen (secondary N) is 2. The maximum atomic E-state index is 12.6. The van der Waals surface area contributed by atoms with Gasteiger partial charge in [0.15, 0.2) is 16.6 Å². The summed E-state index contributed by atoms with van der Waals surface area (Å²) in [5.74, 6) is 0.721. The Bertz CT molecular complexity index is 947. The Kier molecular flexibility index (Phi) is 7.30. The first-order valence-corrected chi connectivity index (χ1v) is 10.2. The fourth-order valence-electron chi connectivity index (χ4n) is 3.35. The number of likely N-dealkylation sites (tertiary alicyclic amines) is 1. The highest BCUT2D eigenvalue weighted by Gasteiger charge is 2.20. The summed E-state index contributed by atoms with van der Waals surface area (Å²) in [7, 11) is 4.44. The van der Waals surface area contributed by atoms with Crippen molar-refractivity contribution in [2.75, 3.05) is 39.7 Å². The van der Waals surface area contributed by atoms with Gasteiger partial charge >= 0.3 is 0 Å². The van der Waals surface area contributed by atoms with Crippen LogP contribution in [0.1, 0.15) is 33.6 Å². The molecule has 0 unspecified atom stereocenters. The molecule has 2 amide bonds. The highest BCUT2D eigenvalue weighted by Crippen LogP contribution is 2.38.